The summed E-state index contributed by atoms with van der Waals surface area (Å²) in [5.41, 5.74) is 2.03. The monoisotopic (exact) mass is 411 g/mol. The number of nitrogens with one attached hydrogen (secondary N) is 1. The third-order valence-electron chi connectivity index (χ3n) is 4.09. The van der Waals surface area contributed by atoms with Crippen LogP contribution < -0.4 is 5.32 Å². The van der Waals surface area contributed by atoms with Gasteiger partial charge in [0.15, 0.2) is 11.2 Å². The highest BCUT2D eigenvalue weighted by atomic mass is 32.1. The third-order valence-corrected chi connectivity index (χ3v) is 4.84. The van der Waals surface area contributed by atoms with E-state index in [0.29, 0.717) is 10.7 Å². The number of benzene rings is 2. The van der Waals surface area contributed by atoms with E-state index in [-0.39, 0.29) is 11.3 Å². The maximum absolute atomic E-state index is 12.3. The SMILES string of the molecule is Cc1cc(C(=O)O[C@H](C)C(=O)Nc2nc(-c3ccccc3)cs2)ccc1[N+](=O)[O-]. The predicted molar refractivity (Wildman–Crippen MR) is 109 cm³/mol. The van der Waals surface area contributed by atoms with Crippen molar-refractivity contribution in [3.05, 3.63) is 75.2 Å². The highest BCUT2D eigenvalue weighted by Crippen LogP contribution is 2.25. The van der Waals surface area contributed by atoms with E-state index in [1.165, 1.54) is 43.4 Å². The summed E-state index contributed by atoms with van der Waals surface area (Å²) in [5, 5.41) is 15.7. The minimum absolute atomic E-state index is 0.0923. The van der Waals surface area contributed by atoms with Crippen LogP contribution in [0.4, 0.5) is 10.8 Å². The lowest BCUT2D eigenvalue weighted by molar-refractivity contribution is -0.385. The van der Waals surface area contributed by atoms with Crippen molar-refractivity contribution in [3.63, 3.8) is 0 Å². The number of aromatic nitrogens is 1. The largest absolute Gasteiger partial charge is 0.449 e. The number of hydrogen-bond acceptors (Lipinski definition) is 7. The number of hydrogen-bond donors (Lipinski definition) is 1. The first-order valence-corrected chi connectivity index (χ1v) is 9.51. The van der Waals surface area contributed by atoms with Crippen LogP contribution in [0.1, 0.15) is 22.8 Å². The molecule has 0 aliphatic rings. The number of aryl methyl sites for hydroxylation is 1. The zero-order valence-electron chi connectivity index (χ0n) is 15.6. The lowest BCUT2D eigenvalue weighted by Gasteiger charge is -2.12. The van der Waals surface area contributed by atoms with Gasteiger partial charge in [0, 0.05) is 22.6 Å². The molecule has 1 heterocycles. The molecule has 0 saturated carbocycles. The number of amides is 1. The number of carbonyl (C=O) groups excluding carboxylic acids is 2. The average molecular weight is 411 g/mol. The van der Waals surface area contributed by atoms with Gasteiger partial charge in [0.05, 0.1) is 16.2 Å². The smallest absolute Gasteiger partial charge is 0.338 e. The van der Waals surface area contributed by atoms with E-state index in [0.717, 1.165) is 11.3 Å². The van der Waals surface area contributed by atoms with E-state index in [4.69, 9.17) is 4.74 Å². The van der Waals surface area contributed by atoms with Crippen molar-refractivity contribution < 1.29 is 19.2 Å². The van der Waals surface area contributed by atoms with Crippen LogP contribution in [0.15, 0.2) is 53.9 Å². The molecule has 1 N–H and O–H groups in total. The lowest BCUT2D eigenvalue weighted by Crippen LogP contribution is -2.30. The van der Waals surface area contributed by atoms with E-state index in [2.05, 4.69) is 10.3 Å². The van der Waals surface area contributed by atoms with Crippen LogP contribution in [-0.4, -0.2) is 27.9 Å². The fourth-order valence-corrected chi connectivity index (χ4v) is 3.27. The second-order valence-corrected chi connectivity index (χ2v) is 7.06. The van der Waals surface area contributed by atoms with E-state index >= 15 is 0 Å². The van der Waals surface area contributed by atoms with Gasteiger partial charge in [-0.3, -0.25) is 20.2 Å². The Morgan fingerprint density at radius 2 is 1.93 bits per heavy atom. The van der Waals surface area contributed by atoms with Crippen LogP contribution in [-0.2, 0) is 9.53 Å². The highest BCUT2D eigenvalue weighted by molar-refractivity contribution is 7.14. The fraction of sp³-hybridized carbons (Fsp3) is 0.150. The van der Waals surface area contributed by atoms with Crippen LogP contribution in [0.2, 0.25) is 0 Å². The topological polar surface area (TPSA) is 111 Å². The average Bonchev–Trinajstić information content (AvgIpc) is 3.16. The Bertz CT molecular complexity index is 1060. The van der Waals surface area contributed by atoms with Gasteiger partial charge in [-0.25, -0.2) is 9.78 Å². The lowest BCUT2D eigenvalue weighted by atomic mass is 10.1. The molecular formula is C20H17N3O5S. The van der Waals surface area contributed by atoms with Crippen LogP contribution in [0.5, 0.6) is 0 Å². The summed E-state index contributed by atoms with van der Waals surface area (Å²) in [6.45, 7) is 2.97. The van der Waals surface area contributed by atoms with Crippen molar-refractivity contribution in [1.29, 1.82) is 0 Å². The Morgan fingerprint density at radius 3 is 2.59 bits per heavy atom. The van der Waals surface area contributed by atoms with Gasteiger partial charge in [0.25, 0.3) is 11.6 Å². The summed E-state index contributed by atoms with van der Waals surface area (Å²) in [7, 11) is 0. The van der Waals surface area contributed by atoms with E-state index in [9.17, 15) is 19.7 Å². The van der Waals surface area contributed by atoms with Gasteiger partial charge in [-0.15, -0.1) is 11.3 Å². The highest BCUT2D eigenvalue weighted by Gasteiger charge is 2.21. The summed E-state index contributed by atoms with van der Waals surface area (Å²) in [6.07, 6.45) is -1.07. The Morgan fingerprint density at radius 1 is 1.21 bits per heavy atom. The molecule has 0 radical (unpaired) electrons. The summed E-state index contributed by atoms with van der Waals surface area (Å²) in [5.74, 6) is -1.26. The van der Waals surface area contributed by atoms with Gasteiger partial charge in [0.1, 0.15) is 0 Å². The zero-order chi connectivity index (χ0) is 21.0. The maximum Gasteiger partial charge on any atom is 0.338 e. The third kappa shape index (κ3) is 4.82. The van der Waals surface area contributed by atoms with E-state index < -0.39 is 22.9 Å². The van der Waals surface area contributed by atoms with E-state index in [1.54, 1.807) is 0 Å². The molecule has 0 bridgehead atoms. The second-order valence-electron chi connectivity index (χ2n) is 6.20. The van der Waals surface area contributed by atoms with Crippen molar-refractivity contribution in [2.45, 2.75) is 20.0 Å². The molecule has 0 saturated heterocycles. The Labute approximate surface area is 170 Å². The first-order valence-electron chi connectivity index (χ1n) is 8.63. The first kappa shape index (κ1) is 20.2. The number of thiazole rings is 1. The number of nitrogens with zero attached hydrogens (tertiary/aromatic N) is 2. The van der Waals surface area contributed by atoms with E-state index in [1.807, 2.05) is 35.7 Å². The number of nitro groups is 1. The van der Waals surface area contributed by atoms with Gasteiger partial charge in [0.2, 0.25) is 0 Å². The molecule has 1 atom stereocenters. The minimum Gasteiger partial charge on any atom is -0.449 e. The Kier molecular flexibility index (Phi) is 5.99. The number of anilines is 1. The minimum atomic E-state index is -1.07. The molecule has 1 amide bonds. The van der Waals surface area contributed by atoms with Crippen LogP contribution in [0.25, 0.3) is 11.3 Å². The quantitative estimate of drug-likeness (QED) is 0.369. The van der Waals surface area contributed by atoms with Crippen molar-refractivity contribution in [2.75, 3.05) is 5.32 Å². The summed E-state index contributed by atoms with van der Waals surface area (Å²) in [6, 6.07) is 13.4. The molecule has 0 aliphatic carbocycles. The fourth-order valence-electron chi connectivity index (χ4n) is 2.55. The number of ether oxygens (including phenoxy) is 1. The zero-order valence-corrected chi connectivity index (χ0v) is 16.4. The standard InChI is InChI=1S/C20H17N3O5S/c1-12-10-15(8-9-17(12)23(26)27)19(25)28-13(2)18(24)22-20-21-16(11-29-20)14-6-4-3-5-7-14/h3-11,13H,1-2H3,(H,21,22,24)/t13-/m1/s1. The number of esters is 1. The Balaban J connectivity index is 1.62. The van der Waals surface area contributed by atoms with Crippen molar-refractivity contribution in [1.82, 2.24) is 4.98 Å². The second kappa shape index (κ2) is 8.61. The number of carbonyl (C=O) groups is 2. The molecule has 9 heteroatoms. The summed E-state index contributed by atoms with van der Waals surface area (Å²) >= 11 is 1.26. The van der Waals surface area contributed by atoms with Crippen molar-refractivity contribution >= 4 is 34.0 Å². The van der Waals surface area contributed by atoms with Crippen LogP contribution >= 0.6 is 11.3 Å². The van der Waals surface area contributed by atoms with Gasteiger partial charge in [-0.05, 0) is 26.0 Å². The van der Waals surface area contributed by atoms with Gasteiger partial charge in [-0.2, -0.15) is 0 Å². The van der Waals surface area contributed by atoms with Crippen LogP contribution in [0.3, 0.4) is 0 Å². The molecule has 0 fully saturated rings. The molecule has 0 aliphatic heterocycles. The molecule has 29 heavy (non-hydrogen) atoms. The molecule has 3 aromatic rings. The van der Waals surface area contributed by atoms with Gasteiger partial charge < -0.3 is 4.74 Å². The number of nitro benzene ring substituents is 1. The normalized spacial score (nSPS) is 11.5. The molecule has 8 nitrogen and oxygen atoms in total. The Hall–Kier alpha value is -3.59. The molecule has 1 aromatic heterocycles. The van der Waals surface area contributed by atoms with Crippen LogP contribution in [0, 0.1) is 17.0 Å². The summed E-state index contributed by atoms with van der Waals surface area (Å²) in [4.78, 5) is 39.3. The first-order chi connectivity index (χ1) is 13.8. The van der Waals surface area contributed by atoms with Crippen molar-refractivity contribution in [2.24, 2.45) is 0 Å². The van der Waals surface area contributed by atoms with Crippen molar-refractivity contribution in [3.8, 4) is 11.3 Å². The molecule has 2 aromatic carbocycles. The van der Waals surface area contributed by atoms with Gasteiger partial charge in [-0.1, -0.05) is 30.3 Å². The predicted octanol–water partition coefficient (Wildman–Crippen LogP) is 4.21. The number of rotatable bonds is 6. The molecule has 3 rings (SSSR count). The van der Waals surface area contributed by atoms with Gasteiger partial charge >= 0.3 is 5.97 Å². The molecule has 0 unspecified atom stereocenters. The summed E-state index contributed by atoms with van der Waals surface area (Å²) < 4.78 is 5.17. The molecule has 0 spiro atoms. The molecule has 148 valence electrons. The molecular weight excluding hydrogens is 394 g/mol. The maximum atomic E-state index is 12.3.